The average molecular weight is 204 g/mol. The normalized spacial score (nSPS) is 10.1. The minimum Gasteiger partial charge on any atom is -0.245 e. The average Bonchev–Trinajstić information content (AvgIpc) is 1.85. The Labute approximate surface area is 81.7 Å². The molecule has 1 unspecified atom stereocenters. The Kier molecular flexibility index (Phi) is 5.44. The van der Waals surface area contributed by atoms with Crippen molar-refractivity contribution >= 4 is 20.8 Å². The van der Waals surface area contributed by atoms with Crippen molar-refractivity contribution in [3.05, 3.63) is 29.5 Å². The number of rotatable bonds is 0. The molecule has 0 aliphatic carbocycles. The molecule has 1 nitrogen and oxygen atoms in total. The standard InChI is InChI=1S/C5H4ClN.C4H11P/c6-5-3-1-2-4-7-5;1-4(2,3)5/h1-4H;5H2,1-3H3. The van der Waals surface area contributed by atoms with Gasteiger partial charge in [0.15, 0.2) is 0 Å². The van der Waals surface area contributed by atoms with Crippen molar-refractivity contribution in [2.45, 2.75) is 25.9 Å². The lowest BCUT2D eigenvalue weighted by atomic mass is 10.3. The van der Waals surface area contributed by atoms with E-state index in [1.54, 1.807) is 12.3 Å². The summed E-state index contributed by atoms with van der Waals surface area (Å²) in [5.74, 6) is 0. The summed E-state index contributed by atoms with van der Waals surface area (Å²) >= 11 is 5.43. The van der Waals surface area contributed by atoms with Crippen LogP contribution in [0.3, 0.4) is 0 Å². The van der Waals surface area contributed by atoms with E-state index >= 15 is 0 Å². The molecule has 1 aromatic rings. The van der Waals surface area contributed by atoms with Gasteiger partial charge in [0.1, 0.15) is 5.15 Å². The van der Waals surface area contributed by atoms with E-state index in [2.05, 4.69) is 35.0 Å². The van der Waals surface area contributed by atoms with Gasteiger partial charge in [0, 0.05) is 6.20 Å². The largest absolute Gasteiger partial charge is 0.245 e. The van der Waals surface area contributed by atoms with Crippen LogP contribution in [-0.2, 0) is 0 Å². The molecule has 1 aromatic heterocycles. The fourth-order valence-corrected chi connectivity index (χ4v) is 0.471. The third kappa shape index (κ3) is 12.5. The molecule has 0 saturated heterocycles. The summed E-state index contributed by atoms with van der Waals surface area (Å²) in [6.07, 6.45) is 1.66. The molecule has 0 aliphatic heterocycles. The molecule has 0 N–H and O–H groups in total. The van der Waals surface area contributed by atoms with Crippen LogP contribution in [0.5, 0.6) is 0 Å². The molecule has 0 radical (unpaired) electrons. The second-order valence-corrected chi connectivity index (χ2v) is 5.64. The Morgan fingerprint density at radius 3 is 2.00 bits per heavy atom. The first-order chi connectivity index (χ1) is 5.39. The molecule has 0 spiro atoms. The summed E-state index contributed by atoms with van der Waals surface area (Å²) in [6, 6.07) is 5.41. The van der Waals surface area contributed by atoms with Crippen LogP contribution in [0.4, 0.5) is 0 Å². The van der Waals surface area contributed by atoms with Crippen LogP contribution in [0.2, 0.25) is 5.15 Å². The minimum absolute atomic E-state index is 0.417. The molecule has 0 bridgehead atoms. The maximum absolute atomic E-state index is 5.43. The number of halogens is 1. The van der Waals surface area contributed by atoms with E-state index in [9.17, 15) is 0 Å². The molecule has 12 heavy (non-hydrogen) atoms. The molecule has 1 atom stereocenters. The molecule has 1 rings (SSSR count). The van der Waals surface area contributed by atoms with Crippen molar-refractivity contribution in [2.24, 2.45) is 0 Å². The fraction of sp³-hybridized carbons (Fsp3) is 0.444. The summed E-state index contributed by atoms with van der Waals surface area (Å²) in [6.45, 7) is 6.45. The Bertz CT molecular complexity index is 200. The second-order valence-electron chi connectivity index (χ2n) is 3.52. The first-order valence-corrected chi connectivity index (χ1v) is 4.70. The molecular formula is C9H15ClNP. The van der Waals surface area contributed by atoms with Crippen LogP contribution in [0.1, 0.15) is 20.8 Å². The molecule has 0 aromatic carbocycles. The zero-order chi connectivity index (χ0) is 9.61. The molecule has 68 valence electrons. The van der Waals surface area contributed by atoms with Crippen LogP contribution in [0.15, 0.2) is 24.4 Å². The van der Waals surface area contributed by atoms with Gasteiger partial charge in [-0.2, -0.15) is 0 Å². The van der Waals surface area contributed by atoms with E-state index < -0.39 is 0 Å². The van der Waals surface area contributed by atoms with E-state index in [0.29, 0.717) is 10.3 Å². The highest BCUT2D eigenvalue weighted by molar-refractivity contribution is 7.18. The Morgan fingerprint density at radius 2 is 1.83 bits per heavy atom. The highest BCUT2D eigenvalue weighted by Gasteiger charge is 1.95. The van der Waals surface area contributed by atoms with Crippen molar-refractivity contribution in [1.29, 1.82) is 0 Å². The van der Waals surface area contributed by atoms with Gasteiger partial charge in [-0.25, -0.2) is 4.98 Å². The van der Waals surface area contributed by atoms with Crippen molar-refractivity contribution in [2.75, 3.05) is 0 Å². The predicted molar refractivity (Wildman–Crippen MR) is 58.7 cm³/mol. The van der Waals surface area contributed by atoms with Crippen molar-refractivity contribution in [3.63, 3.8) is 0 Å². The van der Waals surface area contributed by atoms with E-state index in [1.165, 1.54) is 0 Å². The second kappa shape index (κ2) is 5.50. The van der Waals surface area contributed by atoms with Gasteiger partial charge in [-0.05, 0) is 17.3 Å². The van der Waals surface area contributed by atoms with Crippen LogP contribution >= 0.6 is 20.8 Å². The smallest absolute Gasteiger partial charge is 0.129 e. The molecular weight excluding hydrogens is 189 g/mol. The van der Waals surface area contributed by atoms with E-state index in [4.69, 9.17) is 11.6 Å². The molecule has 0 saturated carbocycles. The lowest BCUT2D eigenvalue weighted by Gasteiger charge is -2.05. The Balaban J connectivity index is 0.000000217. The first kappa shape index (κ1) is 11.9. The number of hydrogen-bond donors (Lipinski definition) is 0. The summed E-state index contributed by atoms with van der Waals surface area (Å²) in [5, 5.41) is 0.961. The topological polar surface area (TPSA) is 12.9 Å². The number of hydrogen-bond acceptors (Lipinski definition) is 1. The number of nitrogens with zero attached hydrogens (tertiary/aromatic N) is 1. The summed E-state index contributed by atoms with van der Waals surface area (Å²) in [7, 11) is 2.72. The lowest BCUT2D eigenvalue weighted by molar-refractivity contribution is 0.804. The van der Waals surface area contributed by atoms with Gasteiger partial charge in [-0.3, -0.25) is 0 Å². The molecule has 3 heteroatoms. The zero-order valence-corrected chi connectivity index (χ0v) is 9.62. The van der Waals surface area contributed by atoms with Crippen molar-refractivity contribution in [3.8, 4) is 0 Å². The maximum atomic E-state index is 5.43. The van der Waals surface area contributed by atoms with Crippen LogP contribution < -0.4 is 0 Å². The van der Waals surface area contributed by atoms with Crippen LogP contribution in [0, 0.1) is 0 Å². The Morgan fingerprint density at radius 1 is 1.33 bits per heavy atom. The van der Waals surface area contributed by atoms with Crippen LogP contribution in [-0.4, -0.2) is 10.1 Å². The summed E-state index contributed by atoms with van der Waals surface area (Å²) in [5.41, 5.74) is 0. The van der Waals surface area contributed by atoms with Gasteiger partial charge in [-0.1, -0.05) is 38.4 Å². The summed E-state index contributed by atoms with van der Waals surface area (Å²) in [4.78, 5) is 3.74. The van der Waals surface area contributed by atoms with Gasteiger partial charge in [0.05, 0.1) is 0 Å². The van der Waals surface area contributed by atoms with Gasteiger partial charge >= 0.3 is 0 Å². The number of pyridine rings is 1. The van der Waals surface area contributed by atoms with Crippen LogP contribution in [0.25, 0.3) is 0 Å². The van der Waals surface area contributed by atoms with E-state index in [-0.39, 0.29) is 0 Å². The third-order valence-electron chi connectivity index (χ3n) is 0.629. The minimum atomic E-state index is 0.417. The zero-order valence-electron chi connectivity index (χ0n) is 7.71. The van der Waals surface area contributed by atoms with Crippen molar-refractivity contribution < 1.29 is 0 Å². The Hall–Kier alpha value is -0.130. The molecule has 1 heterocycles. The van der Waals surface area contributed by atoms with Crippen molar-refractivity contribution in [1.82, 2.24) is 4.98 Å². The quantitative estimate of drug-likeness (QED) is 0.465. The molecule has 0 fully saturated rings. The van der Waals surface area contributed by atoms with Gasteiger partial charge in [0.2, 0.25) is 0 Å². The monoisotopic (exact) mass is 203 g/mol. The predicted octanol–water partition coefficient (Wildman–Crippen LogP) is 3.40. The van der Waals surface area contributed by atoms with Gasteiger partial charge < -0.3 is 0 Å². The first-order valence-electron chi connectivity index (χ1n) is 3.75. The lowest BCUT2D eigenvalue weighted by Crippen LogP contribution is -1.97. The van der Waals surface area contributed by atoms with Gasteiger partial charge in [0.25, 0.3) is 0 Å². The fourth-order valence-electron chi connectivity index (χ4n) is 0.342. The van der Waals surface area contributed by atoms with E-state index in [1.807, 2.05) is 12.1 Å². The third-order valence-corrected chi connectivity index (χ3v) is 0.852. The highest BCUT2D eigenvalue weighted by Crippen LogP contribution is 2.12. The highest BCUT2D eigenvalue weighted by atomic mass is 35.5. The van der Waals surface area contributed by atoms with Gasteiger partial charge in [-0.15, -0.1) is 9.24 Å². The van der Waals surface area contributed by atoms with E-state index in [0.717, 1.165) is 0 Å². The SMILES string of the molecule is CC(C)(C)P.Clc1ccccn1. The maximum Gasteiger partial charge on any atom is 0.129 e. The molecule has 0 amide bonds. The molecule has 0 aliphatic rings. The summed E-state index contributed by atoms with van der Waals surface area (Å²) < 4.78 is 0. The number of aromatic nitrogens is 1.